The predicted octanol–water partition coefficient (Wildman–Crippen LogP) is 13.2. The van der Waals surface area contributed by atoms with Crippen molar-refractivity contribution in [1.82, 2.24) is 9.55 Å². The highest BCUT2D eigenvalue weighted by molar-refractivity contribution is 7.26. The normalized spacial score (nSPS) is 15.5. The van der Waals surface area contributed by atoms with Crippen LogP contribution in [0, 0.1) is 0 Å². The average Bonchev–Trinajstić information content (AvgIpc) is 3.89. The standard InChI is InChI=1S/C47H30N2S/c1-3-14-31(15-4-1)41-29-34(30-42(48-41)32-16-5-2-6-17-32)33-26-27-45(49-43-23-10-7-18-35(43)36-19-8-11-24-44(36)49)40(28-33)39-22-13-21-38-37-20-9-12-25-46(37)50-47(38)39/h1-30H/i7D,8D,9D,10D,11D,13D,18D,19D,20D,21D,22D,23D,24D,25D. The van der Waals surface area contributed by atoms with Gasteiger partial charge in [0.1, 0.15) is 0 Å². The summed E-state index contributed by atoms with van der Waals surface area (Å²) in [6.45, 7) is 0. The maximum absolute atomic E-state index is 9.58. The number of benzene rings is 7. The molecule has 3 heterocycles. The van der Waals surface area contributed by atoms with E-state index in [2.05, 4.69) is 0 Å². The SMILES string of the molecule is [2H]c1cc([2H])c2sc3c(-c4cc(-c5cc(-c6ccccc6)nc(-c6ccccc6)c5)ccc4-n4c5c([2H])c([2H])c([2H])c([2H])c5c5c([2H])c([2H])c([2H])c([2H])c54)c([2H])c([2H])c([2H])c3c2c1[2H]. The van der Waals surface area contributed by atoms with Gasteiger partial charge in [0.15, 0.2) is 0 Å². The Morgan fingerprint density at radius 3 is 1.76 bits per heavy atom. The minimum Gasteiger partial charge on any atom is -0.309 e. The number of nitrogens with zero attached hydrogens (tertiary/aromatic N) is 2. The molecule has 10 aromatic rings. The summed E-state index contributed by atoms with van der Waals surface area (Å²) in [7, 11) is 0. The Morgan fingerprint density at radius 2 is 1.08 bits per heavy atom. The molecule has 0 N–H and O–H groups in total. The lowest BCUT2D eigenvalue weighted by Gasteiger charge is -2.17. The van der Waals surface area contributed by atoms with Crippen LogP contribution >= 0.6 is 11.3 Å². The Kier molecular flexibility index (Phi) is 4.19. The Morgan fingerprint density at radius 1 is 0.460 bits per heavy atom. The zero-order valence-corrected chi connectivity index (χ0v) is 26.9. The summed E-state index contributed by atoms with van der Waals surface area (Å²) in [5, 5.41) is -0.0749. The van der Waals surface area contributed by atoms with Crippen LogP contribution in [0.2, 0.25) is 0 Å². The third-order valence-electron chi connectivity index (χ3n) is 8.82. The van der Waals surface area contributed by atoms with Gasteiger partial charge in [-0.2, -0.15) is 0 Å². The molecule has 0 saturated heterocycles. The molecule has 0 bridgehead atoms. The topological polar surface area (TPSA) is 17.8 Å². The van der Waals surface area contributed by atoms with Gasteiger partial charge >= 0.3 is 0 Å². The van der Waals surface area contributed by atoms with E-state index in [0.29, 0.717) is 22.5 Å². The summed E-state index contributed by atoms with van der Waals surface area (Å²) in [5.74, 6) is 0. The summed E-state index contributed by atoms with van der Waals surface area (Å²) in [4.78, 5) is 5.02. The van der Waals surface area contributed by atoms with Crippen molar-refractivity contribution < 1.29 is 19.2 Å². The van der Waals surface area contributed by atoms with Gasteiger partial charge < -0.3 is 4.57 Å². The minimum absolute atomic E-state index is 0.0803. The number of rotatable bonds is 5. The van der Waals surface area contributed by atoms with Crippen LogP contribution in [0.25, 0.3) is 92.4 Å². The highest BCUT2D eigenvalue weighted by atomic mass is 32.1. The van der Waals surface area contributed by atoms with Gasteiger partial charge in [-0.25, -0.2) is 4.98 Å². The zero-order chi connectivity index (χ0) is 45.2. The van der Waals surface area contributed by atoms with Gasteiger partial charge in [-0.1, -0.05) is 139 Å². The van der Waals surface area contributed by atoms with E-state index in [4.69, 9.17) is 20.1 Å². The summed E-state index contributed by atoms with van der Waals surface area (Å²) >= 11 is 1.03. The molecule has 0 aliphatic rings. The molecule has 50 heavy (non-hydrogen) atoms. The third-order valence-corrected chi connectivity index (χ3v) is 9.96. The summed E-state index contributed by atoms with van der Waals surface area (Å²) in [5.41, 5.74) is 4.32. The van der Waals surface area contributed by atoms with Crippen molar-refractivity contribution in [2.75, 3.05) is 0 Å². The van der Waals surface area contributed by atoms with Gasteiger partial charge in [-0.05, 0) is 53.5 Å². The number of para-hydroxylation sites is 2. The second-order valence-electron chi connectivity index (χ2n) is 11.7. The van der Waals surface area contributed by atoms with Crippen LogP contribution in [-0.2, 0) is 0 Å². The first kappa shape index (κ1) is 17.9. The Balaban J connectivity index is 1.41. The highest BCUT2D eigenvalue weighted by Crippen LogP contribution is 2.44. The van der Waals surface area contributed by atoms with Gasteiger partial charge in [-0.15, -0.1) is 11.3 Å². The Hall–Kier alpha value is -6.29. The second-order valence-corrected chi connectivity index (χ2v) is 12.7. The highest BCUT2D eigenvalue weighted by Gasteiger charge is 2.19. The number of hydrogen-bond acceptors (Lipinski definition) is 2. The van der Waals surface area contributed by atoms with Crippen LogP contribution in [0.5, 0.6) is 0 Å². The van der Waals surface area contributed by atoms with Crippen LogP contribution in [0.3, 0.4) is 0 Å². The summed E-state index contributed by atoms with van der Waals surface area (Å²) in [6, 6.07) is 23.0. The fourth-order valence-corrected chi connectivity index (χ4v) is 7.64. The van der Waals surface area contributed by atoms with E-state index in [-0.39, 0.29) is 83.0 Å². The van der Waals surface area contributed by atoms with Crippen molar-refractivity contribution in [3.05, 3.63) is 182 Å². The molecule has 234 valence electrons. The lowest BCUT2D eigenvalue weighted by atomic mass is 9.94. The number of aromatic nitrogens is 2. The molecule has 2 nitrogen and oxygen atoms in total. The van der Waals surface area contributed by atoms with Crippen molar-refractivity contribution in [3.63, 3.8) is 0 Å². The number of pyridine rings is 1. The van der Waals surface area contributed by atoms with Crippen LogP contribution in [0.15, 0.2) is 182 Å². The van der Waals surface area contributed by atoms with E-state index in [0.717, 1.165) is 22.5 Å². The molecule has 0 radical (unpaired) electrons. The van der Waals surface area contributed by atoms with Gasteiger partial charge in [0.25, 0.3) is 0 Å². The summed E-state index contributed by atoms with van der Waals surface area (Å²) in [6.07, 6.45) is 0. The minimum atomic E-state index is -0.606. The predicted molar refractivity (Wildman–Crippen MR) is 213 cm³/mol. The fourth-order valence-electron chi connectivity index (χ4n) is 6.54. The van der Waals surface area contributed by atoms with Crippen molar-refractivity contribution in [2.45, 2.75) is 0 Å². The van der Waals surface area contributed by atoms with Crippen molar-refractivity contribution in [1.29, 1.82) is 0 Å². The Bertz CT molecular complexity index is 3530. The number of hydrogen-bond donors (Lipinski definition) is 0. The van der Waals surface area contributed by atoms with Gasteiger partial charge in [0.05, 0.1) is 47.3 Å². The zero-order valence-electron chi connectivity index (χ0n) is 40.0. The molecule has 0 aliphatic carbocycles. The van der Waals surface area contributed by atoms with Gasteiger partial charge in [-0.3, -0.25) is 0 Å². The number of thiophene rings is 1. The number of fused-ring (bicyclic) bond motifs is 6. The molecule has 0 fully saturated rings. The van der Waals surface area contributed by atoms with Gasteiger partial charge in [0, 0.05) is 53.2 Å². The quantitative estimate of drug-likeness (QED) is 0.178. The van der Waals surface area contributed by atoms with Crippen LogP contribution < -0.4 is 0 Å². The lowest BCUT2D eigenvalue weighted by molar-refractivity contribution is 1.18. The molecule has 0 unspecified atom stereocenters. The first-order valence-corrected chi connectivity index (χ1v) is 16.6. The molecular weight excluding hydrogens is 625 g/mol. The molecule has 0 amide bonds. The molecule has 7 aromatic carbocycles. The van der Waals surface area contributed by atoms with E-state index >= 15 is 0 Å². The van der Waals surface area contributed by atoms with Crippen molar-refractivity contribution in [3.8, 4) is 50.5 Å². The molecule has 0 spiro atoms. The molecule has 3 aromatic heterocycles. The average molecular weight is 669 g/mol. The van der Waals surface area contributed by atoms with Crippen LogP contribution in [-0.4, -0.2) is 9.55 Å². The maximum Gasteiger partial charge on any atom is 0.0715 e. The smallest absolute Gasteiger partial charge is 0.0715 e. The molecular formula is C47H30N2S. The fraction of sp³-hybridized carbons (Fsp3) is 0. The second kappa shape index (κ2) is 11.7. The largest absolute Gasteiger partial charge is 0.309 e. The van der Waals surface area contributed by atoms with Crippen LogP contribution in [0.1, 0.15) is 19.2 Å². The molecule has 0 saturated carbocycles. The summed E-state index contributed by atoms with van der Waals surface area (Å²) < 4.78 is 127. The monoisotopic (exact) mass is 668 g/mol. The first-order valence-electron chi connectivity index (χ1n) is 22.8. The molecule has 0 aliphatic heterocycles. The maximum atomic E-state index is 9.58. The van der Waals surface area contributed by atoms with E-state index in [1.54, 1.807) is 18.2 Å². The van der Waals surface area contributed by atoms with E-state index < -0.39 is 60.4 Å². The van der Waals surface area contributed by atoms with E-state index in [1.165, 1.54) is 10.6 Å². The molecule has 10 rings (SSSR count). The first-order chi connectivity index (χ1) is 30.6. The molecule has 3 heteroatoms. The van der Waals surface area contributed by atoms with E-state index in [1.807, 2.05) is 72.8 Å². The van der Waals surface area contributed by atoms with Crippen molar-refractivity contribution >= 4 is 53.3 Å². The third kappa shape index (κ3) is 4.67. The Labute approximate surface area is 313 Å². The van der Waals surface area contributed by atoms with Gasteiger partial charge in [0.2, 0.25) is 0 Å². The lowest BCUT2D eigenvalue weighted by Crippen LogP contribution is -1.98. The van der Waals surface area contributed by atoms with Crippen LogP contribution in [0.4, 0.5) is 0 Å². The van der Waals surface area contributed by atoms with Crippen molar-refractivity contribution in [2.24, 2.45) is 0 Å². The molecule has 0 atom stereocenters. The van der Waals surface area contributed by atoms with E-state index in [9.17, 15) is 4.11 Å².